The van der Waals surface area contributed by atoms with Gasteiger partial charge >= 0.3 is 0 Å². The number of benzene rings is 1. The van der Waals surface area contributed by atoms with Crippen molar-refractivity contribution >= 4 is 32.5 Å². The number of nitrogens with one attached hydrogen (secondary N) is 1. The Balaban J connectivity index is 2.47. The van der Waals surface area contributed by atoms with Gasteiger partial charge in [-0.25, -0.2) is 9.97 Å². The molecule has 0 aliphatic carbocycles. The van der Waals surface area contributed by atoms with Gasteiger partial charge in [0.1, 0.15) is 0 Å². The van der Waals surface area contributed by atoms with Gasteiger partial charge in [0, 0.05) is 23.1 Å². The number of carbonyl (C=O) groups is 1. The molecule has 1 atom stereocenters. The predicted molar refractivity (Wildman–Crippen MR) is 70.2 cm³/mol. The number of aromatic nitrogens is 2. The van der Waals surface area contributed by atoms with E-state index >= 15 is 0 Å². The standard InChI is InChI=1S/C11H9ClN3OP/c12-7-2-3-9(15-17)8(6-7)10(16)11-13-4-1-5-14-11/h1-6,15H,17H2. The Labute approximate surface area is 106 Å². The van der Waals surface area contributed by atoms with Crippen LogP contribution in [-0.4, -0.2) is 15.8 Å². The topological polar surface area (TPSA) is 54.9 Å². The summed E-state index contributed by atoms with van der Waals surface area (Å²) in [6, 6.07) is 6.68. The summed E-state index contributed by atoms with van der Waals surface area (Å²) >= 11 is 5.88. The molecule has 0 radical (unpaired) electrons. The Bertz CT molecular complexity index is 548. The maximum Gasteiger partial charge on any atom is 0.232 e. The molecule has 0 saturated heterocycles. The number of hydrogen-bond acceptors (Lipinski definition) is 4. The molecule has 2 rings (SSSR count). The highest BCUT2D eigenvalue weighted by molar-refractivity contribution is 7.18. The minimum Gasteiger partial charge on any atom is -0.369 e. The monoisotopic (exact) mass is 265 g/mol. The van der Waals surface area contributed by atoms with Gasteiger partial charge in [0.25, 0.3) is 0 Å². The molecule has 4 nitrogen and oxygen atoms in total. The first kappa shape index (κ1) is 12.0. The predicted octanol–water partition coefficient (Wildman–Crippen LogP) is 2.56. The van der Waals surface area contributed by atoms with Crippen molar-refractivity contribution in [2.45, 2.75) is 0 Å². The zero-order valence-electron chi connectivity index (χ0n) is 8.72. The zero-order valence-corrected chi connectivity index (χ0v) is 10.6. The van der Waals surface area contributed by atoms with Gasteiger partial charge < -0.3 is 5.09 Å². The Morgan fingerprint density at radius 1 is 1.29 bits per heavy atom. The van der Waals surface area contributed by atoms with Crippen LogP contribution < -0.4 is 5.09 Å². The van der Waals surface area contributed by atoms with Gasteiger partial charge in [-0.05, 0) is 33.7 Å². The van der Waals surface area contributed by atoms with Crippen LogP contribution in [0.1, 0.15) is 16.2 Å². The van der Waals surface area contributed by atoms with Gasteiger partial charge in [-0.2, -0.15) is 0 Å². The Kier molecular flexibility index (Phi) is 3.67. The molecular weight excluding hydrogens is 257 g/mol. The fraction of sp³-hybridized carbons (Fsp3) is 0. The lowest BCUT2D eigenvalue weighted by Gasteiger charge is -2.07. The number of rotatable bonds is 3. The quantitative estimate of drug-likeness (QED) is 0.684. The normalized spacial score (nSPS) is 10.0. The van der Waals surface area contributed by atoms with Gasteiger partial charge in [0.15, 0.2) is 0 Å². The van der Waals surface area contributed by atoms with Crippen LogP contribution in [-0.2, 0) is 0 Å². The van der Waals surface area contributed by atoms with Crippen molar-refractivity contribution in [1.82, 2.24) is 9.97 Å². The van der Waals surface area contributed by atoms with Crippen molar-refractivity contribution in [3.8, 4) is 0 Å². The largest absolute Gasteiger partial charge is 0.369 e. The van der Waals surface area contributed by atoms with Gasteiger partial charge in [0.2, 0.25) is 11.6 Å². The lowest BCUT2D eigenvalue weighted by molar-refractivity contribution is 0.103. The Morgan fingerprint density at radius 2 is 2.00 bits per heavy atom. The highest BCUT2D eigenvalue weighted by Crippen LogP contribution is 2.23. The second kappa shape index (κ2) is 5.21. The van der Waals surface area contributed by atoms with E-state index < -0.39 is 0 Å². The first-order valence-electron chi connectivity index (χ1n) is 4.80. The van der Waals surface area contributed by atoms with E-state index in [1.165, 1.54) is 12.4 Å². The third-order valence-electron chi connectivity index (χ3n) is 2.15. The summed E-state index contributed by atoms with van der Waals surface area (Å²) < 4.78 is 0. The van der Waals surface area contributed by atoms with E-state index in [9.17, 15) is 4.79 Å². The Hall–Kier alpha value is -1.51. The van der Waals surface area contributed by atoms with Crippen LogP contribution in [0, 0.1) is 0 Å². The summed E-state index contributed by atoms with van der Waals surface area (Å²) in [6.07, 6.45) is 3.05. The van der Waals surface area contributed by atoms with E-state index in [0.29, 0.717) is 16.3 Å². The molecule has 1 aromatic heterocycles. The molecule has 0 bridgehead atoms. The van der Waals surface area contributed by atoms with Crippen LogP contribution in [0.3, 0.4) is 0 Å². The molecule has 17 heavy (non-hydrogen) atoms. The number of carbonyl (C=O) groups excluding carboxylic acids is 1. The van der Waals surface area contributed by atoms with Crippen LogP contribution in [0.2, 0.25) is 5.02 Å². The van der Waals surface area contributed by atoms with Gasteiger partial charge in [-0.1, -0.05) is 11.6 Å². The first-order chi connectivity index (χ1) is 8.22. The maximum absolute atomic E-state index is 12.1. The van der Waals surface area contributed by atoms with Crippen LogP contribution in [0.4, 0.5) is 5.69 Å². The summed E-state index contributed by atoms with van der Waals surface area (Å²) in [7, 11) is 2.34. The lowest BCUT2D eigenvalue weighted by Crippen LogP contribution is -2.08. The molecule has 6 heteroatoms. The van der Waals surface area contributed by atoms with Crippen LogP contribution in [0.5, 0.6) is 0 Å². The zero-order chi connectivity index (χ0) is 12.3. The second-order valence-corrected chi connectivity index (χ2v) is 3.96. The summed E-state index contributed by atoms with van der Waals surface area (Å²) in [5, 5.41) is 3.35. The molecule has 1 N–H and O–H groups in total. The highest BCUT2D eigenvalue weighted by Gasteiger charge is 2.15. The molecule has 2 aromatic rings. The number of ketones is 1. The fourth-order valence-electron chi connectivity index (χ4n) is 1.37. The Morgan fingerprint density at radius 3 is 2.65 bits per heavy atom. The lowest BCUT2D eigenvalue weighted by atomic mass is 10.1. The van der Waals surface area contributed by atoms with E-state index in [4.69, 9.17) is 11.6 Å². The molecular formula is C11H9ClN3OP. The van der Waals surface area contributed by atoms with Gasteiger partial charge in [-0.15, -0.1) is 0 Å². The fourth-order valence-corrected chi connectivity index (χ4v) is 1.79. The minimum absolute atomic E-state index is 0.149. The van der Waals surface area contributed by atoms with E-state index in [0.717, 1.165) is 0 Å². The molecule has 0 spiro atoms. The average molecular weight is 266 g/mol. The van der Waals surface area contributed by atoms with Crippen molar-refractivity contribution in [3.63, 3.8) is 0 Å². The number of hydrogen-bond donors (Lipinski definition) is 1. The van der Waals surface area contributed by atoms with Crippen LogP contribution in [0.25, 0.3) is 0 Å². The van der Waals surface area contributed by atoms with E-state index in [-0.39, 0.29) is 11.6 Å². The smallest absolute Gasteiger partial charge is 0.232 e. The maximum atomic E-state index is 12.1. The van der Waals surface area contributed by atoms with Gasteiger partial charge in [0.05, 0.1) is 5.56 Å². The highest BCUT2D eigenvalue weighted by atomic mass is 35.5. The summed E-state index contributed by atoms with van der Waals surface area (Å²) in [6.45, 7) is 0. The molecule has 1 heterocycles. The van der Waals surface area contributed by atoms with Crippen molar-refractivity contribution < 1.29 is 4.79 Å². The van der Waals surface area contributed by atoms with Gasteiger partial charge in [-0.3, -0.25) is 4.79 Å². The van der Waals surface area contributed by atoms with Crippen molar-refractivity contribution in [3.05, 3.63) is 53.1 Å². The molecule has 86 valence electrons. The number of anilines is 1. The van der Waals surface area contributed by atoms with E-state index in [1.54, 1.807) is 24.3 Å². The summed E-state index contributed by atoms with van der Waals surface area (Å²) in [5.41, 5.74) is 1.11. The SMILES string of the molecule is O=C(c1ncccn1)c1cc(Cl)ccc1NP. The molecule has 0 fully saturated rings. The molecule has 0 aliphatic rings. The van der Waals surface area contributed by atoms with E-state index in [1.807, 2.05) is 0 Å². The third-order valence-corrected chi connectivity index (χ3v) is 2.70. The number of nitrogens with zero attached hydrogens (tertiary/aromatic N) is 2. The molecule has 1 aromatic carbocycles. The summed E-state index contributed by atoms with van der Waals surface area (Å²) in [5.74, 6) is -0.116. The van der Waals surface area contributed by atoms with Crippen LogP contribution in [0.15, 0.2) is 36.7 Å². The third kappa shape index (κ3) is 2.60. The minimum atomic E-state index is -0.266. The van der Waals surface area contributed by atoms with Crippen molar-refractivity contribution in [2.24, 2.45) is 0 Å². The molecule has 0 aliphatic heterocycles. The second-order valence-electron chi connectivity index (χ2n) is 3.24. The van der Waals surface area contributed by atoms with Crippen molar-refractivity contribution in [1.29, 1.82) is 0 Å². The number of halogens is 1. The first-order valence-corrected chi connectivity index (χ1v) is 5.76. The molecule has 1 unspecified atom stereocenters. The van der Waals surface area contributed by atoms with Crippen LogP contribution >= 0.6 is 21.0 Å². The molecule has 0 saturated carbocycles. The average Bonchev–Trinajstić information content (AvgIpc) is 2.39. The van der Waals surface area contributed by atoms with E-state index in [2.05, 4.69) is 24.4 Å². The molecule has 0 amide bonds. The summed E-state index contributed by atoms with van der Waals surface area (Å²) in [4.78, 5) is 20.0. The van der Waals surface area contributed by atoms with Crippen molar-refractivity contribution in [2.75, 3.05) is 5.09 Å².